The Bertz CT molecular complexity index is 976. The smallest absolute Gasteiger partial charge is 0.291 e. The van der Waals surface area contributed by atoms with Gasteiger partial charge >= 0.3 is 0 Å². The van der Waals surface area contributed by atoms with E-state index in [1.54, 1.807) is 48.5 Å². The Hall–Kier alpha value is -2.79. The molecule has 0 spiro atoms. The summed E-state index contributed by atoms with van der Waals surface area (Å²) in [5, 5.41) is 6.99. The van der Waals surface area contributed by atoms with Crippen LogP contribution in [0.3, 0.4) is 0 Å². The van der Waals surface area contributed by atoms with Gasteiger partial charge in [-0.05, 0) is 49.2 Å². The van der Waals surface area contributed by atoms with Crippen molar-refractivity contribution in [1.82, 2.24) is 5.32 Å². The van der Waals surface area contributed by atoms with E-state index < -0.39 is 5.91 Å². The molecule has 126 valence electrons. The van der Waals surface area contributed by atoms with Gasteiger partial charge in [0.1, 0.15) is 5.58 Å². The van der Waals surface area contributed by atoms with E-state index in [0.717, 1.165) is 18.2 Å². The monoisotopic (exact) mass is 354 g/mol. The van der Waals surface area contributed by atoms with E-state index >= 15 is 0 Å². The average molecular weight is 355 g/mol. The molecular formula is C19H15ClN2O3. The van der Waals surface area contributed by atoms with Crippen LogP contribution in [0, 0.1) is 0 Å². The van der Waals surface area contributed by atoms with Crippen LogP contribution in [-0.4, -0.2) is 17.9 Å². The van der Waals surface area contributed by atoms with Gasteiger partial charge in [0.15, 0.2) is 5.76 Å². The number of amides is 2. The predicted molar refractivity (Wildman–Crippen MR) is 96.1 cm³/mol. The molecule has 0 bridgehead atoms. The Morgan fingerprint density at radius 1 is 1.04 bits per heavy atom. The Kier molecular flexibility index (Phi) is 3.93. The molecule has 4 rings (SSSR count). The van der Waals surface area contributed by atoms with Gasteiger partial charge in [0, 0.05) is 16.5 Å². The number of rotatable bonds is 4. The van der Waals surface area contributed by atoms with Gasteiger partial charge in [-0.15, -0.1) is 0 Å². The first-order valence-corrected chi connectivity index (χ1v) is 8.38. The second-order valence-electron chi connectivity index (χ2n) is 6.04. The number of anilines is 1. The predicted octanol–water partition coefficient (Wildman–Crippen LogP) is 4.23. The summed E-state index contributed by atoms with van der Waals surface area (Å²) >= 11 is 5.95. The van der Waals surface area contributed by atoms with Gasteiger partial charge in [-0.1, -0.05) is 23.7 Å². The number of halogens is 1. The molecule has 0 radical (unpaired) electrons. The summed E-state index contributed by atoms with van der Waals surface area (Å²) in [6.07, 6.45) is 2.00. The van der Waals surface area contributed by atoms with Gasteiger partial charge in [-0.25, -0.2) is 0 Å². The Balaban J connectivity index is 1.58. The third kappa shape index (κ3) is 3.37. The van der Waals surface area contributed by atoms with Crippen molar-refractivity contribution in [3.8, 4) is 0 Å². The first kappa shape index (κ1) is 15.7. The lowest BCUT2D eigenvalue weighted by Crippen LogP contribution is -2.26. The lowest BCUT2D eigenvalue weighted by atomic mass is 10.1. The highest BCUT2D eigenvalue weighted by molar-refractivity contribution is 6.31. The second kappa shape index (κ2) is 6.26. The zero-order chi connectivity index (χ0) is 17.4. The average Bonchev–Trinajstić information content (AvgIpc) is 3.31. The van der Waals surface area contributed by atoms with Gasteiger partial charge in [-0.3, -0.25) is 9.59 Å². The highest BCUT2D eigenvalue weighted by Gasteiger charge is 2.25. The van der Waals surface area contributed by atoms with Crippen molar-refractivity contribution in [2.24, 2.45) is 0 Å². The van der Waals surface area contributed by atoms with Crippen molar-refractivity contribution >= 4 is 40.1 Å². The largest absolute Gasteiger partial charge is 0.451 e. The van der Waals surface area contributed by atoms with E-state index in [1.165, 1.54) is 0 Å². The summed E-state index contributed by atoms with van der Waals surface area (Å²) in [6.45, 7) is 0. The molecule has 25 heavy (non-hydrogen) atoms. The molecule has 1 aliphatic rings. The number of hydrogen-bond donors (Lipinski definition) is 2. The molecule has 1 saturated carbocycles. The van der Waals surface area contributed by atoms with E-state index in [-0.39, 0.29) is 17.7 Å². The van der Waals surface area contributed by atoms with Crippen molar-refractivity contribution in [3.63, 3.8) is 0 Å². The van der Waals surface area contributed by atoms with Gasteiger partial charge < -0.3 is 15.1 Å². The topological polar surface area (TPSA) is 71.3 Å². The fourth-order valence-electron chi connectivity index (χ4n) is 2.59. The number of carbonyl (C=O) groups is 2. The molecule has 1 fully saturated rings. The molecule has 0 unspecified atom stereocenters. The number of para-hydroxylation sites is 1. The lowest BCUT2D eigenvalue weighted by molar-refractivity contribution is 0.0952. The standard InChI is InChI=1S/C19H15ClN2O3/c20-12-5-8-16-11(9-12)10-17(25-16)19(24)22-15-4-2-1-3-14(15)18(23)21-13-6-7-13/h1-5,8-10,13H,6-7H2,(H,21,23)(H,22,24). The number of benzene rings is 2. The van der Waals surface area contributed by atoms with E-state index in [4.69, 9.17) is 16.0 Å². The first-order chi connectivity index (χ1) is 12.1. The molecule has 2 amide bonds. The Morgan fingerprint density at radius 3 is 2.64 bits per heavy atom. The Morgan fingerprint density at radius 2 is 1.84 bits per heavy atom. The molecule has 2 aromatic carbocycles. The maximum absolute atomic E-state index is 12.5. The van der Waals surface area contributed by atoms with E-state index in [9.17, 15) is 9.59 Å². The van der Waals surface area contributed by atoms with Crippen molar-refractivity contribution < 1.29 is 14.0 Å². The zero-order valence-electron chi connectivity index (χ0n) is 13.2. The zero-order valence-corrected chi connectivity index (χ0v) is 14.0. The van der Waals surface area contributed by atoms with Crippen LogP contribution in [0.2, 0.25) is 5.02 Å². The third-order valence-corrected chi connectivity index (χ3v) is 4.27. The Labute approximate surface area is 149 Å². The summed E-state index contributed by atoms with van der Waals surface area (Å²) < 4.78 is 5.56. The molecule has 5 nitrogen and oxygen atoms in total. The fourth-order valence-corrected chi connectivity index (χ4v) is 2.77. The van der Waals surface area contributed by atoms with Gasteiger partial charge in [-0.2, -0.15) is 0 Å². The van der Waals surface area contributed by atoms with Crippen LogP contribution in [0.1, 0.15) is 33.8 Å². The molecule has 0 saturated heterocycles. The lowest BCUT2D eigenvalue weighted by Gasteiger charge is -2.10. The summed E-state index contributed by atoms with van der Waals surface area (Å²) in [4.78, 5) is 24.8. The molecule has 0 aliphatic heterocycles. The maximum atomic E-state index is 12.5. The van der Waals surface area contributed by atoms with Crippen molar-refractivity contribution in [3.05, 3.63) is 64.9 Å². The molecule has 2 N–H and O–H groups in total. The van der Waals surface area contributed by atoms with Crippen LogP contribution in [0.15, 0.2) is 52.9 Å². The summed E-state index contributed by atoms with van der Waals surface area (Å²) in [7, 11) is 0. The van der Waals surface area contributed by atoms with E-state index in [1.807, 2.05) is 0 Å². The van der Waals surface area contributed by atoms with Crippen LogP contribution in [0.5, 0.6) is 0 Å². The number of hydrogen-bond acceptors (Lipinski definition) is 3. The van der Waals surface area contributed by atoms with Gasteiger partial charge in [0.2, 0.25) is 0 Å². The summed E-state index contributed by atoms with van der Waals surface area (Å²) in [6, 6.07) is 13.9. The van der Waals surface area contributed by atoms with Crippen LogP contribution in [0.25, 0.3) is 11.0 Å². The quantitative estimate of drug-likeness (QED) is 0.736. The summed E-state index contributed by atoms with van der Waals surface area (Å²) in [5.41, 5.74) is 1.46. The number of furan rings is 1. The van der Waals surface area contributed by atoms with Crippen LogP contribution < -0.4 is 10.6 Å². The van der Waals surface area contributed by atoms with E-state index in [2.05, 4.69) is 10.6 Å². The normalized spacial score (nSPS) is 13.6. The molecular weight excluding hydrogens is 340 g/mol. The van der Waals surface area contributed by atoms with Crippen molar-refractivity contribution in [2.75, 3.05) is 5.32 Å². The highest BCUT2D eigenvalue weighted by Crippen LogP contribution is 2.25. The number of carbonyl (C=O) groups excluding carboxylic acids is 2. The van der Waals surface area contributed by atoms with Crippen molar-refractivity contribution in [1.29, 1.82) is 0 Å². The van der Waals surface area contributed by atoms with E-state index in [0.29, 0.717) is 21.9 Å². The molecule has 1 aliphatic carbocycles. The third-order valence-electron chi connectivity index (χ3n) is 4.03. The minimum Gasteiger partial charge on any atom is -0.451 e. The summed E-state index contributed by atoms with van der Waals surface area (Å²) in [5.74, 6) is -0.441. The molecule has 0 atom stereocenters. The van der Waals surface area contributed by atoms with Crippen LogP contribution in [0.4, 0.5) is 5.69 Å². The first-order valence-electron chi connectivity index (χ1n) is 8.00. The van der Waals surface area contributed by atoms with Gasteiger partial charge in [0.25, 0.3) is 11.8 Å². The van der Waals surface area contributed by atoms with Crippen LogP contribution in [-0.2, 0) is 0 Å². The minimum atomic E-state index is -0.418. The van der Waals surface area contributed by atoms with Crippen LogP contribution >= 0.6 is 11.6 Å². The molecule has 6 heteroatoms. The molecule has 1 heterocycles. The fraction of sp³-hybridized carbons (Fsp3) is 0.158. The minimum absolute atomic E-state index is 0.162. The second-order valence-corrected chi connectivity index (χ2v) is 6.48. The SMILES string of the molecule is O=C(Nc1ccccc1C(=O)NC1CC1)c1cc2cc(Cl)ccc2o1. The van der Waals surface area contributed by atoms with Gasteiger partial charge in [0.05, 0.1) is 11.3 Å². The molecule has 1 aromatic heterocycles. The van der Waals surface area contributed by atoms with Crippen molar-refractivity contribution in [2.45, 2.75) is 18.9 Å². The number of nitrogens with one attached hydrogen (secondary N) is 2. The highest BCUT2D eigenvalue weighted by atomic mass is 35.5. The maximum Gasteiger partial charge on any atom is 0.291 e. The molecule has 3 aromatic rings. The number of fused-ring (bicyclic) bond motifs is 1.